The van der Waals surface area contributed by atoms with Crippen LogP contribution in [0.1, 0.15) is 6.42 Å². The molecule has 1 aliphatic rings. The van der Waals surface area contributed by atoms with E-state index < -0.39 is 15.9 Å². The molecule has 1 heterocycles. The first-order chi connectivity index (χ1) is 14.3. The van der Waals surface area contributed by atoms with Gasteiger partial charge in [-0.3, -0.25) is 9.59 Å². The number of methoxy groups -OCH3 is 1. The van der Waals surface area contributed by atoms with Gasteiger partial charge in [-0.1, -0.05) is 17.7 Å². The fourth-order valence-electron chi connectivity index (χ4n) is 3.13. The van der Waals surface area contributed by atoms with Crippen LogP contribution < -0.4 is 19.7 Å². The molecular weight excluding hydrogens is 430 g/mol. The summed E-state index contributed by atoms with van der Waals surface area (Å²) in [7, 11) is -2.20. The summed E-state index contributed by atoms with van der Waals surface area (Å²) in [5.41, 5.74) is 0.648. The summed E-state index contributed by atoms with van der Waals surface area (Å²) in [5, 5.41) is 3.19. The summed E-state index contributed by atoms with van der Waals surface area (Å²) < 4.78 is 32.0. The Labute approximate surface area is 180 Å². The molecule has 2 N–H and O–H groups in total. The monoisotopic (exact) mass is 451 g/mol. The number of carbonyl (C=O) groups is 2. The molecule has 0 saturated carbocycles. The van der Waals surface area contributed by atoms with Gasteiger partial charge < -0.3 is 15.0 Å². The van der Waals surface area contributed by atoms with E-state index in [1.54, 1.807) is 36.4 Å². The third-order valence-corrected chi connectivity index (χ3v) is 6.41. The zero-order chi connectivity index (χ0) is 21.7. The second-order valence-electron chi connectivity index (χ2n) is 6.75. The Morgan fingerprint density at radius 2 is 1.93 bits per heavy atom. The smallest absolute Gasteiger partial charge is 0.240 e. The molecule has 3 rings (SSSR count). The largest absolute Gasteiger partial charge is 0.497 e. The highest BCUT2D eigenvalue weighted by atomic mass is 35.5. The molecule has 0 spiro atoms. The Balaban J connectivity index is 1.48. The normalized spacial score (nSPS) is 16.5. The fourth-order valence-corrected chi connectivity index (χ4v) is 4.35. The molecular formula is C20H22ClN3O5S. The molecule has 0 aliphatic carbocycles. The van der Waals surface area contributed by atoms with Crippen LogP contribution in [0.2, 0.25) is 5.02 Å². The molecule has 8 nitrogen and oxygen atoms in total. The van der Waals surface area contributed by atoms with Crippen molar-refractivity contribution in [2.24, 2.45) is 5.92 Å². The van der Waals surface area contributed by atoms with Gasteiger partial charge in [0.2, 0.25) is 21.8 Å². The van der Waals surface area contributed by atoms with E-state index in [0.29, 0.717) is 16.5 Å². The van der Waals surface area contributed by atoms with Crippen LogP contribution in [0.15, 0.2) is 53.4 Å². The summed E-state index contributed by atoms with van der Waals surface area (Å²) in [4.78, 5) is 26.3. The number of carbonyl (C=O) groups excluding carboxylic acids is 2. The number of anilines is 1. The number of hydrogen-bond donors (Lipinski definition) is 2. The minimum Gasteiger partial charge on any atom is -0.497 e. The van der Waals surface area contributed by atoms with Crippen LogP contribution in [0.4, 0.5) is 5.69 Å². The average molecular weight is 452 g/mol. The lowest BCUT2D eigenvalue weighted by molar-refractivity contribution is -0.126. The maximum absolute atomic E-state index is 12.4. The van der Waals surface area contributed by atoms with Crippen molar-refractivity contribution in [3.05, 3.63) is 53.6 Å². The van der Waals surface area contributed by atoms with Gasteiger partial charge in [-0.25, -0.2) is 13.1 Å². The van der Waals surface area contributed by atoms with E-state index in [0.717, 1.165) is 0 Å². The van der Waals surface area contributed by atoms with Gasteiger partial charge in [0.25, 0.3) is 0 Å². The summed E-state index contributed by atoms with van der Waals surface area (Å²) in [6, 6.07) is 12.9. The fraction of sp³-hybridized carbons (Fsp3) is 0.300. The van der Waals surface area contributed by atoms with Crippen molar-refractivity contribution in [2.75, 3.05) is 31.6 Å². The number of amides is 2. The van der Waals surface area contributed by atoms with Gasteiger partial charge in [0.15, 0.2) is 0 Å². The van der Waals surface area contributed by atoms with Crippen molar-refractivity contribution in [1.82, 2.24) is 10.0 Å². The second-order valence-corrected chi connectivity index (χ2v) is 8.95. The Bertz CT molecular complexity index is 1030. The minimum absolute atomic E-state index is 0.0266. The molecule has 10 heteroatoms. The number of nitrogens with one attached hydrogen (secondary N) is 2. The lowest BCUT2D eigenvalue weighted by atomic mass is 10.1. The van der Waals surface area contributed by atoms with E-state index in [2.05, 4.69) is 10.0 Å². The molecule has 0 bridgehead atoms. The number of ether oxygens (including phenoxy) is 1. The first kappa shape index (κ1) is 22.1. The van der Waals surface area contributed by atoms with Crippen molar-refractivity contribution in [3.63, 3.8) is 0 Å². The van der Waals surface area contributed by atoms with Gasteiger partial charge in [0, 0.05) is 36.8 Å². The third kappa shape index (κ3) is 5.29. The van der Waals surface area contributed by atoms with Crippen LogP contribution >= 0.6 is 11.6 Å². The molecule has 1 aliphatic heterocycles. The molecule has 160 valence electrons. The average Bonchev–Trinajstić information content (AvgIpc) is 3.13. The molecule has 0 radical (unpaired) electrons. The first-order valence-electron chi connectivity index (χ1n) is 9.27. The summed E-state index contributed by atoms with van der Waals surface area (Å²) in [5.74, 6) is -0.400. The topological polar surface area (TPSA) is 105 Å². The van der Waals surface area contributed by atoms with Gasteiger partial charge in [-0.2, -0.15) is 0 Å². The van der Waals surface area contributed by atoms with E-state index in [9.17, 15) is 18.0 Å². The van der Waals surface area contributed by atoms with E-state index in [-0.39, 0.29) is 42.8 Å². The predicted molar refractivity (Wildman–Crippen MR) is 113 cm³/mol. The van der Waals surface area contributed by atoms with Crippen LogP contribution in [-0.2, 0) is 19.6 Å². The predicted octanol–water partition coefficient (Wildman–Crippen LogP) is 1.80. The Hall–Kier alpha value is -2.62. The standard InChI is InChI=1S/C20H22ClN3O5S/c1-29-17-5-7-18(8-6-17)30(27,28)23-10-9-22-20(26)14-11-19(25)24(13-14)16-4-2-3-15(21)12-16/h2-8,12,14,23H,9-11,13H2,1H3,(H,22,26). The van der Waals surface area contributed by atoms with Crippen LogP contribution in [0.3, 0.4) is 0 Å². The Kier molecular flexibility index (Phi) is 6.96. The molecule has 1 atom stereocenters. The second kappa shape index (κ2) is 9.46. The van der Waals surface area contributed by atoms with E-state index >= 15 is 0 Å². The maximum atomic E-state index is 12.4. The van der Waals surface area contributed by atoms with Gasteiger partial charge in [0.05, 0.1) is 17.9 Å². The molecule has 2 amide bonds. The Morgan fingerprint density at radius 1 is 1.20 bits per heavy atom. The highest BCUT2D eigenvalue weighted by Gasteiger charge is 2.35. The zero-order valence-electron chi connectivity index (χ0n) is 16.3. The zero-order valence-corrected chi connectivity index (χ0v) is 17.9. The number of rotatable bonds is 8. The number of halogens is 1. The summed E-state index contributed by atoms with van der Waals surface area (Å²) in [6.07, 6.45) is 0.0932. The van der Waals surface area contributed by atoms with Gasteiger partial charge >= 0.3 is 0 Å². The summed E-state index contributed by atoms with van der Waals surface area (Å²) >= 11 is 5.97. The van der Waals surface area contributed by atoms with Crippen LogP contribution in [0, 0.1) is 5.92 Å². The van der Waals surface area contributed by atoms with Crippen molar-refractivity contribution in [1.29, 1.82) is 0 Å². The van der Waals surface area contributed by atoms with Crippen molar-refractivity contribution in [2.45, 2.75) is 11.3 Å². The number of sulfonamides is 1. The van der Waals surface area contributed by atoms with Gasteiger partial charge in [-0.05, 0) is 42.5 Å². The highest BCUT2D eigenvalue weighted by molar-refractivity contribution is 7.89. The minimum atomic E-state index is -3.69. The third-order valence-electron chi connectivity index (χ3n) is 4.70. The molecule has 30 heavy (non-hydrogen) atoms. The molecule has 1 saturated heterocycles. The first-order valence-corrected chi connectivity index (χ1v) is 11.1. The van der Waals surface area contributed by atoms with Crippen LogP contribution in [-0.4, -0.2) is 47.0 Å². The van der Waals surface area contributed by atoms with Crippen molar-refractivity contribution < 1.29 is 22.7 Å². The van der Waals surface area contributed by atoms with Gasteiger partial charge in [0.1, 0.15) is 5.75 Å². The van der Waals surface area contributed by atoms with Crippen LogP contribution in [0.5, 0.6) is 5.75 Å². The molecule has 0 aromatic heterocycles. The van der Waals surface area contributed by atoms with E-state index in [1.165, 1.54) is 24.1 Å². The molecule has 2 aromatic carbocycles. The molecule has 1 fully saturated rings. The van der Waals surface area contributed by atoms with Crippen LogP contribution in [0.25, 0.3) is 0 Å². The maximum Gasteiger partial charge on any atom is 0.240 e. The molecule has 1 unspecified atom stereocenters. The quantitative estimate of drug-likeness (QED) is 0.595. The van der Waals surface area contributed by atoms with E-state index in [4.69, 9.17) is 16.3 Å². The van der Waals surface area contributed by atoms with E-state index in [1.807, 2.05) is 0 Å². The number of benzene rings is 2. The molecule has 2 aromatic rings. The Morgan fingerprint density at radius 3 is 2.60 bits per heavy atom. The SMILES string of the molecule is COc1ccc(S(=O)(=O)NCCNC(=O)C2CC(=O)N(c3cccc(Cl)c3)C2)cc1. The lowest BCUT2D eigenvalue weighted by Crippen LogP contribution is -2.38. The van der Waals surface area contributed by atoms with Crippen molar-refractivity contribution >= 4 is 39.1 Å². The van der Waals surface area contributed by atoms with Crippen molar-refractivity contribution in [3.8, 4) is 5.75 Å². The number of nitrogens with zero attached hydrogens (tertiary/aromatic N) is 1. The summed E-state index contributed by atoms with van der Waals surface area (Å²) in [6.45, 7) is 0.386. The van der Waals surface area contributed by atoms with Gasteiger partial charge in [-0.15, -0.1) is 0 Å². The lowest BCUT2D eigenvalue weighted by Gasteiger charge is -2.17. The highest BCUT2D eigenvalue weighted by Crippen LogP contribution is 2.27. The number of hydrogen-bond acceptors (Lipinski definition) is 5.